The molecule has 2 aromatic carbocycles. The summed E-state index contributed by atoms with van der Waals surface area (Å²) in [6.45, 7) is 0.614. The monoisotopic (exact) mass is 322 g/mol. The molecule has 1 amide bonds. The van der Waals surface area contributed by atoms with Gasteiger partial charge in [0, 0.05) is 19.2 Å². The van der Waals surface area contributed by atoms with Gasteiger partial charge in [-0.05, 0) is 24.1 Å². The number of rotatable bonds is 4. The Morgan fingerprint density at radius 3 is 2.29 bits per heavy atom. The van der Waals surface area contributed by atoms with Crippen LogP contribution in [0.2, 0.25) is 10.0 Å². The third-order valence-corrected chi connectivity index (χ3v) is 3.88. The fourth-order valence-electron chi connectivity index (χ4n) is 1.97. The van der Waals surface area contributed by atoms with Crippen LogP contribution < -0.4 is 5.73 Å². The predicted molar refractivity (Wildman–Crippen MR) is 88.0 cm³/mol. The minimum absolute atomic E-state index is 0.130. The van der Waals surface area contributed by atoms with Crippen molar-refractivity contribution in [1.82, 2.24) is 4.90 Å². The maximum Gasteiger partial charge on any atom is 0.253 e. The van der Waals surface area contributed by atoms with E-state index in [0.29, 0.717) is 27.8 Å². The number of hydrogen-bond acceptors (Lipinski definition) is 2. The Morgan fingerprint density at radius 1 is 1.14 bits per heavy atom. The molecule has 2 aromatic rings. The van der Waals surface area contributed by atoms with E-state index >= 15 is 0 Å². The van der Waals surface area contributed by atoms with Gasteiger partial charge in [0.05, 0.1) is 15.7 Å². The molecule has 5 heteroatoms. The van der Waals surface area contributed by atoms with Gasteiger partial charge in [0.2, 0.25) is 0 Å². The van der Waals surface area contributed by atoms with E-state index in [-0.39, 0.29) is 5.91 Å². The fraction of sp³-hybridized carbons (Fsp3) is 0.188. The number of carbonyl (C=O) groups excluding carboxylic acids is 1. The van der Waals surface area contributed by atoms with E-state index < -0.39 is 0 Å². The van der Waals surface area contributed by atoms with Gasteiger partial charge in [-0.25, -0.2) is 0 Å². The minimum atomic E-state index is -0.130. The number of nitrogens with two attached hydrogens (primary N) is 1. The smallest absolute Gasteiger partial charge is 0.253 e. The van der Waals surface area contributed by atoms with Crippen LogP contribution in [0.3, 0.4) is 0 Å². The molecule has 0 radical (unpaired) electrons. The molecule has 3 nitrogen and oxygen atoms in total. The molecule has 2 N–H and O–H groups in total. The highest BCUT2D eigenvalue weighted by atomic mass is 35.5. The van der Waals surface area contributed by atoms with E-state index in [4.69, 9.17) is 28.9 Å². The molecule has 0 atom stereocenters. The van der Waals surface area contributed by atoms with Crippen molar-refractivity contribution in [2.24, 2.45) is 0 Å². The molecule has 21 heavy (non-hydrogen) atoms. The lowest BCUT2D eigenvalue weighted by Gasteiger charge is -2.18. The number of nitrogens with zero attached hydrogens (tertiary/aromatic N) is 1. The van der Waals surface area contributed by atoms with Gasteiger partial charge < -0.3 is 10.6 Å². The van der Waals surface area contributed by atoms with Crippen molar-refractivity contribution in [2.45, 2.75) is 6.42 Å². The molecule has 0 heterocycles. The zero-order chi connectivity index (χ0) is 15.4. The van der Waals surface area contributed by atoms with Gasteiger partial charge in [-0.2, -0.15) is 0 Å². The van der Waals surface area contributed by atoms with E-state index in [2.05, 4.69) is 0 Å². The van der Waals surface area contributed by atoms with Gasteiger partial charge >= 0.3 is 0 Å². The molecule has 110 valence electrons. The largest absolute Gasteiger partial charge is 0.396 e. The highest BCUT2D eigenvalue weighted by Gasteiger charge is 2.15. The topological polar surface area (TPSA) is 46.3 Å². The lowest BCUT2D eigenvalue weighted by molar-refractivity contribution is 0.0796. The zero-order valence-electron chi connectivity index (χ0n) is 11.6. The van der Waals surface area contributed by atoms with Crippen LogP contribution in [0.5, 0.6) is 0 Å². The van der Waals surface area contributed by atoms with Crippen molar-refractivity contribution in [2.75, 3.05) is 19.3 Å². The normalized spacial score (nSPS) is 10.4. The molecule has 0 fully saturated rings. The number of anilines is 1. The summed E-state index contributed by atoms with van der Waals surface area (Å²) in [5.74, 6) is -0.130. The molecule has 0 aliphatic rings. The third-order valence-electron chi connectivity index (χ3n) is 3.25. The number of carbonyl (C=O) groups is 1. The molecule has 0 aliphatic carbocycles. The quantitative estimate of drug-likeness (QED) is 0.868. The number of hydrogen-bond donors (Lipinski definition) is 1. The van der Waals surface area contributed by atoms with Crippen LogP contribution in [-0.2, 0) is 6.42 Å². The van der Waals surface area contributed by atoms with Crippen molar-refractivity contribution in [3.63, 3.8) is 0 Å². The van der Waals surface area contributed by atoms with E-state index in [0.717, 1.165) is 6.42 Å². The van der Waals surface area contributed by atoms with E-state index in [1.807, 2.05) is 30.3 Å². The summed E-state index contributed by atoms with van der Waals surface area (Å²) < 4.78 is 0. The van der Waals surface area contributed by atoms with Gasteiger partial charge in [-0.3, -0.25) is 4.79 Å². The van der Waals surface area contributed by atoms with Crippen LogP contribution in [0, 0.1) is 0 Å². The second kappa shape index (κ2) is 6.83. The number of benzene rings is 2. The van der Waals surface area contributed by atoms with Crippen molar-refractivity contribution in [3.8, 4) is 0 Å². The molecule has 0 unspecified atom stereocenters. The maximum atomic E-state index is 12.3. The van der Waals surface area contributed by atoms with Crippen molar-refractivity contribution >= 4 is 34.8 Å². The first kappa shape index (κ1) is 15.7. The van der Waals surface area contributed by atoms with Crippen LogP contribution in [0.4, 0.5) is 5.69 Å². The number of likely N-dealkylation sites (N-methyl/N-ethyl adjacent to an activating group) is 1. The van der Waals surface area contributed by atoms with Crippen LogP contribution in [0.25, 0.3) is 0 Å². The summed E-state index contributed by atoms with van der Waals surface area (Å²) in [7, 11) is 1.75. The highest BCUT2D eigenvalue weighted by Crippen LogP contribution is 2.29. The van der Waals surface area contributed by atoms with Crippen molar-refractivity contribution in [1.29, 1.82) is 0 Å². The third kappa shape index (κ3) is 3.90. The summed E-state index contributed by atoms with van der Waals surface area (Å²) >= 11 is 11.9. The van der Waals surface area contributed by atoms with Gasteiger partial charge in [-0.1, -0.05) is 53.5 Å². The Morgan fingerprint density at radius 2 is 1.71 bits per heavy atom. The minimum Gasteiger partial charge on any atom is -0.396 e. The molecule has 0 saturated carbocycles. The van der Waals surface area contributed by atoms with Gasteiger partial charge in [0.25, 0.3) is 5.91 Å². The molecule has 0 saturated heterocycles. The van der Waals surface area contributed by atoms with Gasteiger partial charge in [0.1, 0.15) is 0 Å². The summed E-state index contributed by atoms with van der Waals surface area (Å²) in [6, 6.07) is 13.1. The molecule has 2 rings (SSSR count). The highest BCUT2D eigenvalue weighted by molar-refractivity contribution is 6.39. The molecule has 0 aliphatic heterocycles. The SMILES string of the molecule is CN(CCc1ccccc1)C(=O)c1cc(Cl)c(N)c(Cl)c1. The lowest BCUT2D eigenvalue weighted by Crippen LogP contribution is -2.28. The molecular weight excluding hydrogens is 307 g/mol. The maximum absolute atomic E-state index is 12.3. The lowest BCUT2D eigenvalue weighted by atomic mass is 10.1. The van der Waals surface area contributed by atoms with Crippen molar-refractivity contribution in [3.05, 3.63) is 63.6 Å². The van der Waals surface area contributed by atoms with Crippen molar-refractivity contribution < 1.29 is 4.79 Å². The number of nitrogen functional groups attached to an aromatic ring is 1. The van der Waals surface area contributed by atoms with E-state index in [1.165, 1.54) is 5.56 Å². The Labute approximate surface area is 134 Å². The first-order valence-electron chi connectivity index (χ1n) is 6.53. The van der Waals surface area contributed by atoms with Gasteiger partial charge in [-0.15, -0.1) is 0 Å². The first-order valence-corrected chi connectivity index (χ1v) is 7.28. The summed E-state index contributed by atoms with van der Waals surface area (Å²) in [5.41, 5.74) is 7.59. The molecular formula is C16H16Cl2N2O. The van der Waals surface area contributed by atoms with Crippen LogP contribution in [0.15, 0.2) is 42.5 Å². The average molecular weight is 323 g/mol. The standard InChI is InChI=1S/C16H16Cl2N2O/c1-20(8-7-11-5-3-2-4-6-11)16(21)12-9-13(17)15(19)14(18)10-12/h2-6,9-10H,7-8,19H2,1H3. The average Bonchev–Trinajstić information content (AvgIpc) is 2.50. The fourth-order valence-corrected chi connectivity index (χ4v) is 2.46. The predicted octanol–water partition coefficient (Wildman–Crippen LogP) is 3.89. The molecule has 0 aromatic heterocycles. The van der Waals surface area contributed by atoms with Crippen LogP contribution in [0.1, 0.15) is 15.9 Å². The van der Waals surface area contributed by atoms with E-state index in [1.54, 1.807) is 24.1 Å². The summed E-state index contributed by atoms with van der Waals surface area (Å²) in [4.78, 5) is 14.0. The Bertz CT molecular complexity index is 621. The number of amides is 1. The summed E-state index contributed by atoms with van der Waals surface area (Å²) in [6.07, 6.45) is 0.791. The Hall–Kier alpha value is -1.71. The second-order valence-electron chi connectivity index (χ2n) is 4.82. The summed E-state index contributed by atoms with van der Waals surface area (Å²) in [5, 5.41) is 0.588. The Balaban J connectivity index is 2.06. The molecule has 0 spiro atoms. The van der Waals surface area contributed by atoms with Crippen LogP contribution in [-0.4, -0.2) is 24.4 Å². The molecule has 0 bridgehead atoms. The second-order valence-corrected chi connectivity index (χ2v) is 5.63. The first-order chi connectivity index (χ1) is 9.99. The van der Waals surface area contributed by atoms with Gasteiger partial charge in [0.15, 0.2) is 0 Å². The number of halogens is 2. The Kier molecular flexibility index (Phi) is 5.10. The van der Waals surface area contributed by atoms with Crippen LogP contribution >= 0.6 is 23.2 Å². The van der Waals surface area contributed by atoms with E-state index in [9.17, 15) is 4.79 Å². The zero-order valence-corrected chi connectivity index (χ0v) is 13.2.